The van der Waals surface area contributed by atoms with Crippen molar-refractivity contribution in [1.82, 2.24) is 9.62 Å². The topological polar surface area (TPSA) is 162 Å². The van der Waals surface area contributed by atoms with E-state index in [4.69, 9.17) is 14.6 Å². The van der Waals surface area contributed by atoms with E-state index in [1.165, 1.54) is 43.4 Å². The number of hydrogen-bond acceptors (Lipinski definition) is 8. The van der Waals surface area contributed by atoms with Crippen LogP contribution < -0.4 is 19.3 Å². The van der Waals surface area contributed by atoms with E-state index in [1.54, 1.807) is 12.1 Å². The van der Waals surface area contributed by atoms with Crippen LogP contribution in [0.1, 0.15) is 34.6 Å². The zero-order valence-electron chi connectivity index (χ0n) is 18.5. The number of fused-ring (bicyclic) bond motifs is 1. The van der Waals surface area contributed by atoms with Gasteiger partial charge in [-0.1, -0.05) is 12.1 Å². The summed E-state index contributed by atoms with van der Waals surface area (Å²) >= 11 is 0. The predicted molar refractivity (Wildman–Crippen MR) is 119 cm³/mol. The zero-order valence-corrected chi connectivity index (χ0v) is 20.1. The molecule has 0 atom stereocenters. The largest absolute Gasteiger partial charge is 0.495 e. The van der Waals surface area contributed by atoms with Crippen molar-refractivity contribution in [3.63, 3.8) is 0 Å². The Balaban J connectivity index is 0.000000243. The molecule has 2 aromatic carbocycles. The maximum absolute atomic E-state index is 12.3. The van der Waals surface area contributed by atoms with Crippen LogP contribution >= 0.6 is 0 Å². The van der Waals surface area contributed by atoms with E-state index in [1.807, 2.05) is 18.6 Å². The van der Waals surface area contributed by atoms with Crippen LogP contribution in [0.2, 0.25) is 0 Å². The van der Waals surface area contributed by atoms with Gasteiger partial charge in [0.05, 0.1) is 25.3 Å². The van der Waals surface area contributed by atoms with Crippen molar-refractivity contribution in [2.75, 3.05) is 27.3 Å². The van der Waals surface area contributed by atoms with Crippen LogP contribution in [-0.4, -0.2) is 60.9 Å². The van der Waals surface area contributed by atoms with Crippen LogP contribution in [-0.2, 0) is 20.0 Å². The fraction of sp³-hybridized carbons (Fsp3) is 0.300. The summed E-state index contributed by atoms with van der Waals surface area (Å²) < 4.78 is 57.9. The molecule has 0 fully saturated rings. The van der Waals surface area contributed by atoms with Crippen molar-refractivity contribution >= 4 is 31.9 Å². The Morgan fingerprint density at radius 3 is 2.09 bits per heavy atom. The van der Waals surface area contributed by atoms with Gasteiger partial charge < -0.3 is 14.4 Å². The van der Waals surface area contributed by atoms with E-state index in [-0.39, 0.29) is 38.3 Å². The first-order valence-corrected chi connectivity index (χ1v) is 12.7. The highest BCUT2D eigenvalue weighted by molar-refractivity contribution is 7.90. The Bertz CT molecular complexity index is 1270. The minimum absolute atomic E-state index is 0.0329. The molecule has 0 radical (unpaired) electrons. The summed E-state index contributed by atoms with van der Waals surface area (Å²) in [5, 5.41) is 5.18. The van der Waals surface area contributed by atoms with Crippen LogP contribution in [0.25, 0.3) is 0 Å². The molecule has 0 unspecified atom stereocenters. The summed E-state index contributed by atoms with van der Waals surface area (Å²) in [4.78, 5) is 24.7. The van der Waals surface area contributed by atoms with Crippen LogP contribution in [0.15, 0.2) is 46.2 Å². The predicted octanol–water partition coefficient (Wildman–Crippen LogP) is 0.952. The number of amides is 2. The Morgan fingerprint density at radius 1 is 1.03 bits per heavy atom. The summed E-state index contributed by atoms with van der Waals surface area (Å²) in [7, 11) is -5.08. The molecular weight excluding hydrogens is 474 g/mol. The van der Waals surface area contributed by atoms with Crippen LogP contribution in [0, 0.1) is 0 Å². The smallest absolute Gasteiger partial charge is 0.268 e. The molecule has 1 heterocycles. The monoisotopic (exact) mass is 499 g/mol. The Hall–Kier alpha value is -3.16. The molecule has 0 saturated carbocycles. The molecule has 3 rings (SSSR count). The lowest BCUT2D eigenvalue weighted by atomic mass is 10.2. The van der Waals surface area contributed by atoms with Crippen molar-refractivity contribution in [2.24, 2.45) is 5.14 Å². The minimum atomic E-state index is -4.04. The standard InChI is InChI=1S/C12H18N2O4S.C8H7NO4S/c1-4-14(5-2)12(15)9-7-6-8-10(18-3)11(9)19(13,16)17;1-13-6-4-2-3-5-7(6)14(11,12)9-8(5)10/h6-8H,4-5H2,1-3H3,(H2,13,16,17);2-4H,1H3,(H,9,10). The fourth-order valence-corrected chi connectivity index (χ4v) is 5.40. The molecule has 1 aliphatic heterocycles. The van der Waals surface area contributed by atoms with Crippen molar-refractivity contribution in [1.29, 1.82) is 0 Å². The van der Waals surface area contributed by atoms with Gasteiger partial charge in [0, 0.05) is 13.1 Å². The van der Waals surface area contributed by atoms with E-state index in [9.17, 15) is 26.4 Å². The molecule has 13 heteroatoms. The molecule has 0 aliphatic carbocycles. The second kappa shape index (κ2) is 10.2. The number of carbonyl (C=O) groups excluding carboxylic acids is 2. The number of hydrogen-bond donors (Lipinski definition) is 2. The molecule has 1 aliphatic rings. The number of methoxy groups -OCH3 is 2. The number of benzene rings is 2. The molecule has 180 valence electrons. The number of nitrogens with two attached hydrogens (primary N) is 1. The lowest BCUT2D eigenvalue weighted by molar-refractivity contribution is 0.0768. The lowest BCUT2D eigenvalue weighted by Gasteiger charge is -2.20. The molecule has 33 heavy (non-hydrogen) atoms. The molecule has 3 N–H and O–H groups in total. The third-order valence-corrected chi connectivity index (χ3v) is 7.11. The van der Waals surface area contributed by atoms with E-state index >= 15 is 0 Å². The first-order valence-electron chi connectivity index (χ1n) is 9.66. The molecule has 0 bridgehead atoms. The summed E-state index contributed by atoms with van der Waals surface area (Å²) in [5.74, 6) is -0.742. The van der Waals surface area contributed by atoms with Gasteiger partial charge >= 0.3 is 0 Å². The molecule has 2 amide bonds. The minimum Gasteiger partial charge on any atom is -0.495 e. The number of ether oxygens (including phenoxy) is 2. The normalized spacial score (nSPS) is 13.8. The summed E-state index contributed by atoms with van der Waals surface area (Å²) in [6, 6.07) is 8.96. The Morgan fingerprint density at radius 2 is 1.58 bits per heavy atom. The van der Waals surface area contributed by atoms with Crippen molar-refractivity contribution in [3.05, 3.63) is 47.5 Å². The van der Waals surface area contributed by atoms with Crippen LogP contribution in [0.4, 0.5) is 0 Å². The van der Waals surface area contributed by atoms with E-state index < -0.39 is 26.0 Å². The fourth-order valence-electron chi connectivity index (χ4n) is 3.18. The summed E-state index contributed by atoms with van der Waals surface area (Å²) in [5.41, 5.74) is 0.162. The second-order valence-corrected chi connectivity index (χ2v) is 9.75. The molecule has 0 spiro atoms. The van der Waals surface area contributed by atoms with Crippen LogP contribution in [0.3, 0.4) is 0 Å². The van der Waals surface area contributed by atoms with Gasteiger partial charge in [0.25, 0.3) is 21.8 Å². The van der Waals surface area contributed by atoms with Crippen molar-refractivity contribution < 1.29 is 35.9 Å². The van der Waals surface area contributed by atoms with Gasteiger partial charge in [-0.3, -0.25) is 9.59 Å². The highest BCUT2D eigenvalue weighted by Gasteiger charge is 2.35. The first-order chi connectivity index (χ1) is 15.4. The molecular formula is C20H25N3O8S2. The van der Waals surface area contributed by atoms with E-state index in [0.29, 0.717) is 13.1 Å². The summed E-state index contributed by atoms with van der Waals surface area (Å²) in [6.45, 7) is 4.60. The maximum Gasteiger partial charge on any atom is 0.268 e. The number of rotatable bonds is 6. The van der Waals surface area contributed by atoms with Crippen molar-refractivity contribution in [2.45, 2.75) is 23.6 Å². The van der Waals surface area contributed by atoms with Gasteiger partial charge in [-0.05, 0) is 38.1 Å². The Kier molecular flexibility index (Phi) is 8.06. The average Bonchev–Trinajstić information content (AvgIpc) is 3.02. The van der Waals surface area contributed by atoms with Gasteiger partial charge in [-0.15, -0.1) is 0 Å². The quantitative estimate of drug-likeness (QED) is 0.593. The molecule has 2 aromatic rings. The molecule has 0 saturated heterocycles. The number of nitrogens with one attached hydrogen (secondary N) is 1. The lowest BCUT2D eigenvalue weighted by Crippen LogP contribution is -2.32. The number of primary sulfonamides is 1. The highest BCUT2D eigenvalue weighted by Crippen LogP contribution is 2.31. The van der Waals surface area contributed by atoms with Gasteiger partial charge in [0.1, 0.15) is 21.3 Å². The molecule has 11 nitrogen and oxygen atoms in total. The maximum atomic E-state index is 12.3. The molecule has 0 aromatic heterocycles. The Labute approximate surface area is 192 Å². The van der Waals surface area contributed by atoms with Gasteiger partial charge in [0.15, 0.2) is 0 Å². The van der Waals surface area contributed by atoms with Gasteiger partial charge in [-0.2, -0.15) is 0 Å². The van der Waals surface area contributed by atoms with E-state index in [0.717, 1.165) is 0 Å². The van der Waals surface area contributed by atoms with Gasteiger partial charge in [0.2, 0.25) is 10.0 Å². The third-order valence-electron chi connectivity index (χ3n) is 4.70. The van der Waals surface area contributed by atoms with Gasteiger partial charge in [-0.25, -0.2) is 26.7 Å². The number of carbonyl (C=O) groups is 2. The second-order valence-electron chi connectivity index (χ2n) is 6.63. The third kappa shape index (κ3) is 5.43. The first kappa shape index (κ1) is 26.1. The zero-order chi connectivity index (χ0) is 25.0. The highest BCUT2D eigenvalue weighted by atomic mass is 32.2. The summed E-state index contributed by atoms with van der Waals surface area (Å²) in [6.07, 6.45) is 0. The van der Waals surface area contributed by atoms with Crippen LogP contribution in [0.5, 0.6) is 11.5 Å². The van der Waals surface area contributed by atoms with Crippen molar-refractivity contribution in [3.8, 4) is 11.5 Å². The number of nitrogens with zero attached hydrogens (tertiary/aromatic N) is 1. The SMILES string of the molecule is CCN(CC)C(=O)c1cccc(OC)c1S(N)(=O)=O.COc1cccc2c1S(=O)(=O)NC2=O. The average molecular weight is 500 g/mol. The number of sulfonamides is 2. The van der Waals surface area contributed by atoms with E-state index in [2.05, 4.69) is 0 Å².